The van der Waals surface area contributed by atoms with Crippen molar-refractivity contribution in [3.05, 3.63) is 9.67 Å². The van der Waals surface area contributed by atoms with Crippen LogP contribution in [0, 0.1) is 0 Å². The van der Waals surface area contributed by atoms with Gasteiger partial charge in [0, 0.05) is 0 Å². The third-order valence-electron chi connectivity index (χ3n) is 5.52. The molecule has 0 rings (SSSR count). The first-order valence-corrected chi connectivity index (χ1v) is 20.4. The molecule has 0 aromatic rings. The summed E-state index contributed by atoms with van der Waals surface area (Å²) in [6.45, 7) is 18.9. The van der Waals surface area contributed by atoms with E-state index in [1.807, 2.05) is 41.5 Å². The third kappa shape index (κ3) is 15.6. The Bertz CT molecular complexity index is 585. The molecule has 2 amide bonds. The molecule has 33 heavy (non-hydrogen) atoms. The monoisotopic (exact) mass is 576 g/mol. The summed E-state index contributed by atoms with van der Waals surface area (Å²) in [6, 6.07) is 0. The van der Waals surface area contributed by atoms with Gasteiger partial charge in [-0.05, 0) is 0 Å². The Labute approximate surface area is 207 Å². The first kappa shape index (κ1) is 32.1. The Morgan fingerprint density at radius 1 is 0.727 bits per heavy atom. The van der Waals surface area contributed by atoms with Gasteiger partial charge in [0.2, 0.25) is 0 Å². The van der Waals surface area contributed by atoms with Crippen LogP contribution >= 0.6 is 0 Å². The van der Waals surface area contributed by atoms with Crippen LogP contribution in [0.3, 0.4) is 0 Å². The molecule has 0 saturated heterocycles. The van der Waals surface area contributed by atoms with Gasteiger partial charge in [-0.15, -0.1) is 0 Å². The van der Waals surface area contributed by atoms with Crippen LogP contribution in [0.2, 0.25) is 13.3 Å². The zero-order valence-corrected chi connectivity index (χ0v) is 25.8. The van der Waals surface area contributed by atoms with Gasteiger partial charge >= 0.3 is 208 Å². The van der Waals surface area contributed by atoms with E-state index in [0.29, 0.717) is 13.1 Å². The summed E-state index contributed by atoms with van der Waals surface area (Å²) in [5.74, 6) is 0. The SMILES string of the molecule is CCC[CH2][Sn]([CH2]CCC)([CH2]CCC)/[C](=C\CNC(=O)OC(C)(C)C)CNC(=O)OC(C)(C)C. The molecule has 6 nitrogen and oxygen atoms in total. The van der Waals surface area contributed by atoms with Crippen molar-refractivity contribution in [2.45, 2.75) is 125 Å². The van der Waals surface area contributed by atoms with Crippen LogP contribution in [0.1, 0.15) is 101 Å². The van der Waals surface area contributed by atoms with Gasteiger partial charge in [-0.25, -0.2) is 0 Å². The second-order valence-corrected chi connectivity index (χ2v) is 24.5. The number of nitrogens with one attached hydrogen (secondary N) is 2. The van der Waals surface area contributed by atoms with Crippen molar-refractivity contribution in [3.63, 3.8) is 0 Å². The third-order valence-corrected chi connectivity index (χ3v) is 21.7. The number of carbonyl (C=O) groups is 2. The van der Waals surface area contributed by atoms with E-state index in [1.165, 1.54) is 55.4 Å². The van der Waals surface area contributed by atoms with Gasteiger partial charge < -0.3 is 0 Å². The number of rotatable bonds is 14. The number of carbonyl (C=O) groups excluding carboxylic acids is 2. The van der Waals surface area contributed by atoms with Crippen LogP contribution in [-0.2, 0) is 9.47 Å². The molecule has 2 N–H and O–H groups in total. The van der Waals surface area contributed by atoms with Gasteiger partial charge in [-0.3, -0.25) is 0 Å². The van der Waals surface area contributed by atoms with Gasteiger partial charge in [0.1, 0.15) is 0 Å². The van der Waals surface area contributed by atoms with E-state index in [9.17, 15) is 9.59 Å². The van der Waals surface area contributed by atoms with E-state index >= 15 is 0 Å². The number of amides is 2. The fraction of sp³-hybridized carbons (Fsp3) is 0.846. The molecule has 0 aliphatic heterocycles. The normalized spacial score (nSPS) is 12.9. The van der Waals surface area contributed by atoms with Crippen LogP contribution < -0.4 is 10.6 Å². The van der Waals surface area contributed by atoms with Gasteiger partial charge in [0.15, 0.2) is 0 Å². The van der Waals surface area contributed by atoms with E-state index in [0.717, 1.165) is 0 Å². The van der Waals surface area contributed by atoms with E-state index in [-0.39, 0.29) is 6.09 Å². The summed E-state index contributed by atoms with van der Waals surface area (Å²) in [7, 11) is 0. The molecular formula is C26H52N2O4Sn. The predicted molar refractivity (Wildman–Crippen MR) is 141 cm³/mol. The minimum absolute atomic E-state index is 0.379. The van der Waals surface area contributed by atoms with Crippen LogP contribution in [0.25, 0.3) is 0 Å². The minimum atomic E-state index is -2.78. The fourth-order valence-electron chi connectivity index (χ4n) is 3.93. The molecule has 0 atom stereocenters. The Balaban J connectivity index is 5.81. The van der Waals surface area contributed by atoms with Crippen molar-refractivity contribution in [1.82, 2.24) is 10.6 Å². The van der Waals surface area contributed by atoms with Crippen molar-refractivity contribution in [1.29, 1.82) is 0 Å². The second-order valence-electron chi connectivity index (χ2n) is 11.1. The van der Waals surface area contributed by atoms with E-state index in [4.69, 9.17) is 9.47 Å². The number of alkyl carbamates (subject to hydrolysis) is 2. The molecule has 0 unspecified atom stereocenters. The molecule has 0 aliphatic carbocycles. The van der Waals surface area contributed by atoms with E-state index in [1.54, 1.807) is 0 Å². The fourth-order valence-corrected chi connectivity index (χ4v) is 20.5. The standard InChI is InChI=1S/C14H25N2O4.3C4H9.Sn/c1-13(2,3)19-11(17)15-9-7-8-10-16-12(18)20-14(4,5)6;3*1-3-4-2;/h7H,9-10H2,1-6H3,(H,15,17)(H,16,18);3*1,3-4H2,2H3;. The van der Waals surface area contributed by atoms with Gasteiger partial charge in [0.25, 0.3) is 0 Å². The molecule has 194 valence electrons. The number of hydrogen-bond donors (Lipinski definition) is 2. The van der Waals surface area contributed by atoms with Crippen LogP contribution in [0.15, 0.2) is 9.67 Å². The summed E-state index contributed by atoms with van der Waals surface area (Å²) in [4.78, 5) is 24.6. The quantitative estimate of drug-likeness (QED) is 0.213. The van der Waals surface area contributed by atoms with Crippen molar-refractivity contribution in [2.75, 3.05) is 13.1 Å². The Hall–Kier alpha value is -0.921. The number of hydrogen-bond acceptors (Lipinski definition) is 4. The summed E-state index contributed by atoms with van der Waals surface area (Å²) in [6.07, 6.45) is 8.62. The van der Waals surface area contributed by atoms with Crippen molar-refractivity contribution < 1.29 is 19.1 Å². The molecule has 0 aromatic carbocycles. The maximum absolute atomic E-state index is 12.4. The molecule has 0 fully saturated rings. The predicted octanol–water partition coefficient (Wildman–Crippen LogP) is 7.35. The van der Waals surface area contributed by atoms with E-state index < -0.39 is 35.7 Å². The van der Waals surface area contributed by atoms with Gasteiger partial charge in [0.05, 0.1) is 0 Å². The zero-order valence-electron chi connectivity index (χ0n) is 23.0. The molecular weight excluding hydrogens is 523 g/mol. The van der Waals surface area contributed by atoms with Gasteiger partial charge in [-0.2, -0.15) is 0 Å². The van der Waals surface area contributed by atoms with Crippen molar-refractivity contribution in [2.24, 2.45) is 0 Å². The van der Waals surface area contributed by atoms with Crippen LogP contribution in [-0.4, -0.2) is 54.9 Å². The summed E-state index contributed by atoms with van der Waals surface area (Å²) in [5.41, 5.74) is -1.06. The summed E-state index contributed by atoms with van der Waals surface area (Å²) in [5, 5.41) is 5.92. The molecule has 0 aromatic heterocycles. The first-order valence-electron chi connectivity index (χ1n) is 12.9. The average molecular weight is 575 g/mol. The molecule has 0 aliphatic rings. The topological polar surface area (TPSA) is 76.7 Å². The number of unbranched alkanes of at least 4 members (excludes halogenated alkanes) is 3. The molecule has 0 bridgehead atoms. The van der Waals surface area contributed by atoms with Crippen LogP contribution in [0.4, 0.5) is 9.59 Å². The Morgan fingerprint density at radius 2 is 1.12 bits per heavy atom. The molecule has 0 spiro atoms. The van der Waals surface area contributed by atoms with Crippen molar-refractivity contribution >= 4 is 30.6 Å². The van der Waals surface area contributed by atoms with E-state index in [2.05, 4.69) is 37.5 Å². The van der Waals surface area contributed by atoms with Crippen LogP contribution in [0.5, 0.6) is 0 Å². The van der Waals surface area contributed by atoms with Crippen molar-refractivity contribution in [3.8, 4) is 0 Å². The Morgan fingerprint density at radius 3 is 1.48 bits per heavy atom. The molecule has 0 saturated carbocycles. The Kier molecular flexibility index (Phi) is 15.4. The maximum atomic E-state index is 12.4. The van der Waals surface area contributed by atoms with Gasteiger partial charge in [-0.1, -0.05) is 0 Å². The summed E-state index contributed by atoms with van der Waals surface area (Å²) < 4.78 is 16.2. The first-order chi connectivity index (χ1) is 15.3. The molecule has 7 heteroatoms. The number of ether oxygens (including phenoxy) is 2. The zero-order chi connectivity index (χ0) is 25.5. The summed E-state index contributed by atoms with van der Waals surface area (Å²) >= 11 is -2.78. The second kappa shape index (κ2) is 15.9. The molecule has 0 heterocycles. The molecule has 0 radical (unpaired) electrons. The average Bonchev–Trinajstić information content (AvgIpc) is 2.67.